The molecule has 0 N–H and O–H groups in total. The van der Waals surface area contributed by atoms with Crippen molar-refractivity contribution in [2.75, 3.05) is 0 Å². The number of rotatable bonds is 2. The molecule has 0 amide bonds. The Morgan fingerprint density at radius 2 is 1.86 bits per heavy atom. The summed E-state index contributed by atoms with van der Waals surface area (Å²) >= 11 is 0. The van der Waals surface area contributed by atoms with E-state index >= 15 is 0 Å². The van der Waals surface area contributed by atoms with Crippen molar-refractivity contribution in [3.63, 3.8) is 0 Å². The van der Waals surface area contributed by atoms with Gasteiger partial charge in [-0.1, -0.05) is 25.0 Å². The Hall–Kier alpha value is -0.790. The van der Waals surface area contributed by atoms with Crippen LogP contribution in [0.3, 0.4) is 0 Å². The number of fused-ring (bicyclic) bond motifs is 6. The third-order valence-electron chi connectivity index (χ3n) is 7.29. The molecule has 0 spiro atoms. The largest absolute Gasteiger partial charge is 0.459 e. The van der Waals surface area contributed by atoms with Gasteiger partial charge in [-0.3, -0.25) is 4.79 Å². The zero-order valence-electron chi connectivity index (χ0n) is 12.8. The first kappa shape index (κ1) is 12.7. The lowest BCUT2D eigenvalue weighted by Gasteiger charge is -2.33. The number of hydrogen-bond donors (Lipinski definition) is 0. The van der Waals surface area contributed by atoms with E-state index in [4.69, 9.17) is 4.74 Å². The van der Waals surface area contributed by atoms with E-state index in [9.17, 15) is 4.79 Å². The number of carbonyl (C=O) groups is 1. The summed E-state index contributed by atoms with van der Waals surface area (Å²) in [4.78, 5) is 12.7. The molecule has 0 saturated heterocycles. The molecular formula is C19H26O2. The number of allylic oxidation sites excluding steroid dienone is 2. The highest BCUT2D eigenvalue weighted by Crippen LogP contribution is 2.65. The predicted octanol–water partition coefficient (Wildman–Crippen LogP) is 4.10. The fourth-order valence-corrected chi connectivity index (χ4v) is 6.18. The predicted molar refractivity (Wildman–Crippen MR) is 80.5 cm³/mol. The van der Waals surface area contributed by atoms with Gasteiger partial charge in [0.25, 0.3) is 0 Å². The minimum atomic E-state index is -0.0567. The van der Waals surface area contributed by atoms with Crippen LogP contribution in [-0.2, 0) is 9.53 Å². The summed E-state index contributed by atoms with van der Waals surface area (Å²) in [5, 5.41) is 0. The Bertz CT molecular complexity index is 482. The second kappa shape index (κ2) is 4.36. The molecule has 21 heavy (non-hydrogen) atoms. The van der Waals surface area contributed by atoms with Crippen LogP contribution in [0.4, 0.5) is 0 Å². The molecule has 2 heteroatoms. The fraction of sp³-hybridized carbons (Fsp3) is 0.842. The smallest absolute Gasteiger partial charge is 0.310 e. The van der Waals surface area contributed by atoms with E-state index in [2.05, 4.69) is 12.2 Å². The van der Waals surface area contributed by atoms with E-state index in [1.165, 1.54) is 44.9 Å². The summed E-state index contributed by atoms with van der Waals surface area (Å²) in [6.07, 6.45) is 15.8. The van der Waals surface area contributed by atoms with Crippen LogP contribution >= 0.6 is 0 Å². The highest BCUT2D eigenvalue weighted by molar-refractivity contribution is 5.74. The molecule has 0 heterocycles. The normalized spacial score (nSPS) is 53.1. The molecule has 6 aliphatic carbocycles. The molecule has 114 valence electrons. The topological polar surface area (TPSA) is 26.3 Å². The van der Waals surface area contributed by atoms with Crippen LogP contribution in [0.5, 0.6) is 0 Å². The zero-order chi connectivity index (χ0) is 14.0. The van der Waals surface area contributed by atoms with Crippen LogP contribution in [0.25, 0.3) is 0 Å². The van der Waals surface area contributed by atoms with E-state index in [-0.39, 0.29) is 17.5 Å². The Morgan fingerprint density at radius 1 is 1.00 bits per heavy atom. The van der Waals surface area contributed by atoms with Gasteiger partial charge in [0.2, 0.25) is 0 Å². The van der Waals surface area contributed by atoms with Crippen molar-refractivity contribution in [1.82, 2.24) is 0 Å². The van der Waals surface area contributed by atoms with Crippen molar-refractivity contribution in [3.8, 4) is 0 Å². The first-order chi connectivity index (χ1) is 10.2. The summed E-state index contributed by atoms with van der Waals surface area (Å²) in [5.41, 5.74) is -0.0567. The van der Waals surface area contributed by atoms with Gasteiger partial charge in [-0.2, -0.15) is 0 Å². The van der Waals surface area contributed by atoms with Crippen LogP contribution < -0.4 is 0 Å². The van der Waals surface area contributed by atoms with Crippen molar-refractivity contribution in [2.45, 2.75) is 63.4 Å². The van der Waals surface area contributed by atoms with Crippen molar-refractivity contribution >= 4 is 5.97 Å². The monoisotopic (exact) mass is 286 g/mol. The Balaban J connectivity index is 1.31. The van der Waals surface area contributed by atoms with Gasteiger partial charge in [0.15, 0.2) is 0 Å². The zero-order valence-corrected chi connectivity index (χ0v) is 12.8. The Kier molecular flexibility index (Phi) is 2.64. The first-order valence-corrected chi connectivity index (χ1v) is 9.15. The third kappa shape index (κ3) is 1.94. The van der Waals surface area contributed by atoms with E-state index in [1.54, 1.807) is 0 Å². The number of esters is 1. The molecule has 2 nitrogen and oxygen atoms in total. The molecule has 0 aliphatic heterocycles. The number of hydrogen-bond acceptors (Lipinski definition) is 2. The van der Waals surface area contributed by atoms with Crippen LogP contribution in [0.1, 0.15) is 57.8 Å². The maximum atomic E-state index is 12.7. The van der Waals surface area contributed by atoms with Gasteiger partial charge in [0, 0.05) is 0 Å². The second-order valence-corrected chi connectivity index (χ2v) is 8.49. The molecule has 0 radical (unpaired) electrons. The average Bonchev–Trinajstić information content (AvgIpc) is 2.98. The second-order valence-electron chi connectivity index (χ2n) is 8.49. The van der Waals surface area contributed by atoms with Crippen molar-refractivity contribution < 1.29 is 9.53 Å². The Morgan fingerprint density at radius 3 is 2.57 bits per heavy atom. The maximum absolute atomic E-state index is 12.7. The van der Waals surface area contributed by atoms with Gasteiger partial charge in [-0.15, -0.1) is 0 Å². The first-order valence-electron chi connectivity index (χ1n) is 9.15. The molecule has 6 rings (SSSR count). The number of carbonyl (C=O) groups excluding carboxylic acids is 1. The van der Waals surface area contributed by atoms with Crippen LogP contribution in [0.2, 0.25) is 0 Å². The summed E-state index contributed by atoms with van der Waals surface area (Å²) in [5.74, 6) is 4.25. The highest BCUT2D eigenvalue weighted by Gasteiger charge is 2.62. The molecule has 6 bridgehead atoms. The van der Waals surface area contributed by atoms with Gasteiger partial charge < -0.3 is 4.74 Å². The van der Waals surface area contributed by atoms with E-state index in [1.807, 2.05) is 0 Å². The van der Waals surface area contributed by atoms with Gasteiger partial charge >= 0.3 is 5.97 Å². The van der Waals surface area contributed by atoms with Crippen molar-refractivity contribution in [3.05, 3.63) is 12.2 Å². The fourth-order valence-electron chi connectivity index (χ4n) is 6.18. The van der Waals surface area contributed by atoms with Crippen LogP contribution in [-0.4, -0.2) is 11.6 Å². The van der Waals surface area contributed by atoms with E-state index in [0.717, 1.165) is 30.6 Å². The van der Waals surface area contributed by atoms with E-state index < -0.39 is 0 Å². The molecule has 5 atom stereocenters. The molecule has 5 fully saturated rings. The molecule has 0 aromatic carbocycles. The maximum Gasteiger partial charge on any atom is 0.310 e. The molecule has 5 unspecified atom stereocenters. The van der Waals surface area contributed by atoms with Gasteiger partial charge in [0.05, 0.1) is 5.92 Å². The van der Waals surface area contributed by atoms with Crippen molar-refractivity contribution in [1.29, 1.82) is 0 Å². The van der Waals surface area contributed by atoms with Crippen LogP contribution in [0.15, 0.2) is 12.2 Å². The third-order valence-corrected chi connectivity index (χ3v) is 7.29. The molecule has 0 aromatic rings. The van der Waals surface area contributed by atoms with Crippen LogP contribution in [0, 0.1) is 35.5 Å². The molecule has 6 aliphatic rings. The quantitative estimate of drug-likeness (QED) is 0.564. The van der Waals surface area contributed by atoms with Crippen molar-refractivity contribution in [2.24, 2.45) is 35.5 Å². The van der Waals surface area contributed by atoms with E-state index in [0.29, 0.717) is 11.8 Å². The lowest BCUT2D eigenvalue weighted by atomic mass is 9.89. The van der Waals surface area contributed by atoms with Gasteiger partial charge in [-0.25, -0.2) is 0 Å². The number of ether oxygens (including phenoxy) is 1. The average molecular weight is 286 g/mol. The molecule has 5 saturated carbocycles. The summed E-state index contributed by atoms with van der Waals surface area (Å²) in [6.45, 7) is 0. The standard InChI is InChI=1S/C19H26O2/c20-18(15-9-12-5-6-13(15)8-12)21-19-7-3-1-2-4-14-16(10-19)17(14)11-19/h5-6,12-17H,1-4,7-11H2. The lowest BCUT2D eigenvalue weighted by molar-refractivity contribution is -0.167. The lowest BCUT2D eigenvalue weighted by Crippen LogP contribution is -2.37. The molecular weight excluding hydrogens is 260 g/mol. The summed E-state index contributed by atoms with van der Waals surface area (Å²) < 4.78 is 6.24. The highest BCUT2D eigenvalue weighted by atomic mass is 16.6. The molecule has 0 aromatic heterocycles. The summed E-state index contributed by atoms with van der Waals surface area (Å²) in [6, 6.07) is 0. The minimum absolute atomic E-state index is 0.0567. The van der Waals surface area contributed by atoms with Gasteiger partial charge in [-0.05, 0) is 74.5 Å². The Labute approximate surface area is 127 Å². The SMILES string of the molecule is O=C(OC12CCCCCC3C(C1)C3C2)C1CC2C=CC1C2. The summed E-state index contributed by atoms with van der Waals surface area (Å²) in [7, 11) is 0. The van der Waals surface area contributed by atoms with Gasteiger partial charge in [0.1, 0.15) is 5.60 Å². The minimum Gasteiger partial charge on any atom is -0.459 e.